The van der Waals surface area contributed by atoms with Crippen LogP contribution in [0.2, 0.25) is 5.02 Å². The van der Waals surface area contributed by atoms with Crippen LogP contribution in [0.1, 0.15) is 0 Å². The largest absolute Gasteiger partial charge is 0.383 e. The number of methoxy groups -OCH3 is 1. The zero-order chi connectivity index (χ0) is 12.7. The molecule has 0 saturated heterocycles. The number of rotatable bonds is 6. The average Bonchev–Trinajstić information content (AvgIpc) is 2.31. The Morgan fingerprint density at radius 2 is 2.41 bits per heavy atom. The number of aromatic amines is 1. The van der Waals surface area contributed by atoms with Gasteiger partial charge in [-0.05, 0) is 0 Å². The van der Waals surface area contributed by atoms with E-state index in [0.717, 1.165) is 0 Å². The lowest BCUT2D eigenvalue weighted by Gasteiger charge is -2.07. The number of carbonyl (C=O) groups excluding carboxylic acids is 1. The molecular weight excluding hydrogens is 248 g/mol. The molecule has 0 radical (unpaired) electrons. The number of hydrogen-bond acceptors (Lipinski definition) is 5. The molecule has 7 nitrogen and oxygen atoms in total. The summed E-state index contributed by atoms with van der Waals surface area (Å²) in [4.78, 5) is 28.5. The summed E-state index contributed by atoms with van der Waals surface area (Å²) in [5, 5.41) is 5.20. The number of nitrogens with one attached hydrogen (secondary N) is 3. The molecule has 0 unspecified atom stereocenters. The van der Waals surface area contributed by atoms with Gasteiger partial charge in [0.15, 0.2) is 5.82 Å². The molecule has 1 rings (SSSR count). The van der Waals surface area contributed by atoms with Crippen LogP contribution in [0.3, 0.4) is 0 Å². The highest BCUT2D eigenvalue weighted by atomic mass is 35.5. The van der Waals surface area contributed by atoms with Gasteiger partial charge in [-0.1, -0.05) is 11.6 Å². The van der Waals surface area contributed by atoms with Gasteiger partial charge >= 0.3 is 0 Å². The van der Waals surface area contributed by atoms with E-state index in [0.29, 0.717) is 13.2 Å². The van der Waals surface area contributed by atoms with E-state index in [1.54, 1.807) is 7.11 Å². The maximum Gasteiger partial charge on any atom is 0.271 e. The van der Waals surface area contributed by atoms with Crippen molar-refractivity contribution in [1.82, 2.24) is 15.3 Å². The Kier molecular flexibility index (Phi) is 5.44. The summed E-state index contributed by atoms with van der Waals surface area (Å²) < 4.78 is 4.78. The van der Waals surface area contributed by atoms with E-state index >= 15 is 0 Å². The maximum absolute atomic E-state index is 11.3. The van der Waals surface area contributed by atoms with Crippen LogP contribution < -0.4 is 16.2 Å². The van der Waals surface area contributed by atoms with E-state index in [9.17, 15) is 9.59 Å². The van der Waals surface area contributed by atoms with E-state index in [1.807, 2.05) is 0 Å². The second-order valence-corrected chi connectivity index (χ2v) is 3.47. The van der Waals surface area contributed by atoms with Gasteiger partial charge in [0.25, 0.3) is 5.56 Å². The molecule has 0 fully saturated rings. The van der Waals surface area contributed by atoms with Crippen LogP contribution in [0.4, 0.5) is 5.82 Å². The molecule has 1 aromatic rings. The van der Waals surface area contributed by atoms with Crippen LogP contribution in [0.15, 0.2) is 11.1 Å². The second kappa shape index (κ2) is 6.87. The summed E-state index contributed by atoms with van der Waals surface area (Å²) in [7, 11) is 1.55. The number of H-pyrrole nitrogens is 1. The van der Waals surface area contributed by atoms with Crippen molar-refractivity contribution >= 4 is 23.3 Å². The van der Waals surface area contributed by atoms with Crippen LogP contribution in [0.25, 0.3) is 0 Å². The number of ether oxygens (including phenoxy) is 1. The normalized spacial score (nSPS) is 10.0. The van der Waals surface area contributed by atoms with E-state index < -0.39 is 5.56 Å². The topological polar surface area (TPSA) is 96.1 Å². The first-order valence-corrected chi connectivity index (χ1v) is 5.25. The third kappa shape index (κ3) is 4.41. The minimum Gasteiger partial charge on any atom is -0.383 e. The summed E-state index contributed by atoms with van der Waals surface area (Å²) in [5.41, 5.74) is -0.455. The van der Waals surface area contributed by atoms with Crippen molar-refractivity contribution < 1.29 is 9.53 Å². The summed E-state index contributed by atoms with van der Waals surface area (Å²) >= 11 is 5.68. The fraction of sp³-hybridized carbons (Fsp3) is 0.444. The number of aromatic nitrogens is 2. The van der Waals surface area contributed by atoms with Gasteiger partial charge in [0.05, 0.1) is 19.5 Å². The van der Waals surface area contributed by atoms with Gasteiger partial charge in [0.2, 0.25) is 5.91 Å². The van der Waals surface area contributed by atoms with Crippen LogP contribution in [-0.4, -0.2) is 42.7 Å². The Morgan fingerprint density at radius 1 is 1.65 bits per heavy atom. The van der Waals surface area contributed by atoms with E-state index in [4.69, 9.17) is 16.3 Å². The molecule has 17 heavy (non-hydrogen) atoms. The first-order chi connectivity index (χ1) is 8.15. The highest BCUT2D eigenvalue weighted by molar-refractivity contribution is 6.32. The zero-order valence-corrected chi connectivity index (χ0v) is 10.0. The fourth-order valence-corrected chi connectivity index (χ4v) is 1.20. The van der Waals surface area contributed by atoms with Crippen LogP contribution in [0.5, 0.6) is 0 Å². The summed E-state index contributed by atoms with van der Waals surface area (Å²) in [5.74, 6) is -0.0579. The predicted octanol–water partition coefficient (Wildman–Crippen LogP) is -0.402. The van der Waals surface area contributed by atoms with Crippen molar-refractivity contribution in [2.75, 3.05) is 32.1 Å². The van der Waals surface area contributed by atoms with Gasteiger partial charge in [0.1, 0.15) is 5.02 Å². The molecule has 94 valence electrons. The summed E-state index contributed by atoms with van der Waals surface area (Å²) in [6.45, 7) is 0.850. The molecule has 0 saturated carbocycles. The summed E-state index contributed by atoms with van der Waals surface area (Å²) in [6.07, 6.45) is 1.21. The Balaban J connectivity index is 2.42. The average molecular weight is 261 g/mol. The molecule has 0 aliphatic heterocycles. The highest BCUT2D eigenvalue weighted by Crippen LogP contribution is 2.10. The zero-order valence-electron chi connectivity index (χ0n) is 9.25. The van der Waals surface area contributed by atoms with Gasteiger partial charge in [-0.25, -0.2) is 4.98 Å². The Bertz CT molecular complexity index is 434. The lowest BCUT2D eigenvalue weighted by Crippen LogP contribution is -2.32. The van der Waals surface area contributed by atoms with E-state index in [1.165, 1.54) is 6.33 Å². The number of amides is 1. The minimum atomic E-state index is -0.455. The number of halogens is 1. The molecule has 0 bridgehead atoms. The molecule has 0 aliphatic carbocycles. The number of carbonyl (C=O) groups is 1. The lowest BCUT2D eigenvalue weighted by molar-refractivity contribution is -0.119. The molecule has 8 heteroatoms. The van der Waals surface area contributed by atoms with E-state index in [2.05, 4.69) is 20.6 Å². The highest BCUT2D eigenvalue weighted by Gasteiger charge is 2.07. The van der Waals surface area contributed by atoms with Gasteiger partial charge in [-0.2, -0.15) is 0 Å². The number of anilines is 1. The van der Waals surface area contributed by atoms with Crippen molar-refractivity contribution in [3.05, 3.63) is 21.7 Å². The summed E-state index contributed by atoms with van der Waals surface area (Å²) in [6, 6.07) is 0. The van der Waals surface area contributed by atoms with Crippen molar-refractivity contribution in [2.24, 2.45) is 0 Å². The van der Waals surface area contributed by atoms with Gasteiger partial charge < -0.3 is 20.4 Å². The predicted molar refractivity (Wildman–Crippen MR) is 63.2 cm³/mol. The van der Waals surface area contributed by atoms with Crippen LogP contribution >= 0.6 is 11.6 Å². The Morgan fingerprint density at radius 3 is 3.12 bits per heavy atom. The first-order valence-electron chi connectivity index (χ1n) is 4.88. The third-order valence-electron chi connectivity index (χ3n) is 1.84. The SMILES string of the molecule is COCCNC(=O)CNc1nc[nH]c(=O)c1Cl. The van der Waals surface area contributed by atoms with Crippen LogP contribution in [-0.2, 0) is 9.53 Å². The second-order valence-electron chi connectivity index (χ2n) is 3.09. The quantitative estimate of drug-likeness (QED) is 0.605. The maximum atomic E-state index is 11.3. The van der Waals surface area contributed by atoms with Crippen molar-refractivity contribution in [2.45, 2.75) is 0 Å². The molecular formula is C9H13ClN4O3. The molecule has 1 heterocycles. The third-order valence-corrected chi connectivity index (χ3v) is 2.19. The molecule has 1 aromatic heterocycles. The number of hydrogen-bond donors (Lipinski definition) is 3. The van der Waals surface area contributed by atoms with E-state index in [-0.39, 0.29) is 23.3 Å². The molecule has 0 atom stereocenters. The molecule has 0 aliphatic rings. The fourth-order valence-electron chi connectivity index (χ4n) is 1.03. The standard InChI is InChI=1S/C9H13ClN4O3/c1-17-3-2-11-6(15)4-12-8-7(10)9(16)14-5-13-8/h5H,2-4H2,1H3,(H,11,15)(H2,12,13,14,16). The Labute approximate surface area is 103 Å². The monoisotopic (exact) mass is 260 g/mol. The Hall–Kier alpha value is -1.60. The molecule has 3 N–H and O–H groups in total. The first kappa shape index (κ1) is 13.5. The molecule has 0 aromatic carbocycles. The smallest absolute Gasteiger partial charge is 0.271 e. The molecule has 1 amide bonds. The molecule has 0 spiro atoms. The van der Waals surface area contributed by atoms with Crippen molar-refractivity contribution in [3.63, 3.8) is 0 Å². The van der Waals surface area contributed by atoms with Gasteiger partial charge in [-0.15, -0.1) is 0 Å². The van der Waals surface area contributed by atoms with Gasteiger partial charge in [0, 0.05) is 13.7 Å². The van der Waals surface area contributed by atoms with Crippen LogP contribution in [0, 0.1) is 0 Å². The lowest BCUT2D eigenvalue weighted by atomic mass is 10.5. The van der Waals surface area contributed by atoms with Crippen molar-refractivity contribution in [1.29, 1.82) is 0 Å². The number of nitrogens with zero attached hydrogens (tertiary/aromatic N) is 1. The minimum absolute atomic E-state index is 0.0140. The van der Waals surface area contributed by atoms with Crippen molar-refractivity contribution in [3.8, 4) is 0 Å². The van der Waals surface area contributed by atoms with Gasteiger partial charge in [-0.3, -0.25) is 9.59 Å².